The van der Waals surface area contributed by atoms with Gasteiger partial charge in [-0.25, -0.2) is 0 Å². The Morgan fingerprint density at radius 2 is 1.87 bits per heavy atom. The summed E-state index contributed by atoms with van der Waals surface area (Å²) in [6, 6.07) is 18.9. The van der Waals surface area contributed by atoms with E-state index in [1.807, 2.05) is 61.5 Å². The maximum atomic E-state index is 12.8. The number of halogens is 1. The summed E-state index contributed by atoms with van der Waals surface area (Å²) >= 11 is 6.20. The maximum absolute atomic E-state index is 12.8. The fourth-order valence-electron chi connectivity index (χ4n) is 3.93. The SMILES string of the molecule is Cc1ccc(N2C[C@@H](C(=O)Nc3ccc4c(c3)oc3ccccc34)CC2=O)cc1Cl. The van der Waals surface area contributed by atoms with Crippen LogP contribution >= 0.6 is 11.6 Å². The summed E-state index contributed by atoms with van der Waals surface area (Å²) in [4.78, 5) is 26.9. The fraction of sp³-hybridized carbons (Fsp3) is 0.167. The zero-order chi connectivity index (χ0) is 20.8. The van der Waals surface area contributed by atoms with E-state index < -0.39 is 5.92 Å². The van der Waals surface area contributed by atoms with Gasteiger partial charge >= 0.3 is 0 Å². The number of furan rings is 1. The molecule has 6 heteroatoms. The highest BCUT2D eigenvalue weighted by atomic mass is 35.5. The van der Waals surface area contributed by atoms with Crippen LogP contribution in [0.5, 0.6) is 0 Å². The van der Waals surface area contributed by atoms with Gasteiger partial charge < -0.3 is 14.6 Å². The summed E-state index contributed by atoms with van der Waals surface area (Å²) in [6.45, 7) is 2.24. The summed E-state index contributed by atoms with van der Waals surface area (Å²) in [5, 5.41) is 5.58. The molecule has 1 aliphatic rings. The monoisotopic (exact) mass is 418 g/mol. The van der Waals surface area contributed by atoms with Crippen LogP contribution in [0.4, 0.5) is 11.4 Å². The Hall–Kier alpha value is -3.31. The highest BCUT2D eigenvalue weighted by molar-refractivity contribution is 6.31. The van der Waals surface area contributed by atoms with E-state index in [4.69, 9.17) is 16.0 Å². The molecule has 0 spiro atoms. The number of hydrogen-bond donors (Lipinski definition) is 1. The number of nitrogens with one attached hydrogen (secondary N) is 1. The lowest BCUT2D eigenvalue weighted by molar-refractivity contribution is -0.122. The molecule has 2 amide bonds. The molecule has 1 N–H and O–H groups in total. The first-order valence-corrected chi connectivity index (χ1v) is 10.2. The number of amides is 2. The van der Waals surface area contributed by atoms with E-state index in [-0.39, 0.29) is 18.2 Å². The molecule has 1 aromatic heterocycles. The number of aryl methyl sites for hydroxylation is 1. The second-order valence-corrected chi connectivity index (χ2v) is 8.04. The van der Waals surface area contributed by atoms with Crippen molar-refractivity contribution in [3.8, 4) is 0 Å². The van der Waals surface area contributed by atoms with E-state index >= 15 is 0 Å². The molecular formula is C24H19ClN2O3. The molecule has 1 saturated heterocycles. The predicted molar refractivity (Wildman–Crippen MR) is 119 cm³/mol. The van der Waals surface area contributed by atoms with Crippen molar-refractivity contribution in [3.05, 3.63) is 71.2 Å². The van der Waals surface area contributed by atoms with Gasteiger partial charge in [-0.15, -0.1) is 0 Å². The van der Waals surface area contributed by atoms with Crippen LogP contribution < -0.4 is 10.2 Å². The van der Waals surface area contributed by atoms with Crippen LogP contribution in [0.15, 0.2) is 65.1 Å². The summed E-state index contributed by atoms with van der Waals surface area (Å²) in [5.41, 5.74) is 3.84. The van der Waals surface area contributed by atoms with E-state index in [2.05, 4.69) is 5.32 Å². The van der Waals surface area contributed by atoms with Gasteiger partial charge in [-0.3, -0.25) is 9.59 Å². The minimum absolute atomic E-state index is 0.0807. The average molecular weight is 419 g/mol. The van der Waals surface area contributed by atoms with Crippen LogP contribution in [-0.2, 0) is 9.59 Å². The third kappa shape index (κ3) is 3.21. The Morgan fingerprint density at radius 1 is 1.07 bits per heavy atom. The first-order valence-electron chi connectivity index (χ1n) is 9.78. The van der Waals surface area contributed by atoms with Crippen molar-refractivity contribution in [3.63, 3.8) is 0 Å². The second-order valence-electron chi connectivity index (χ2n) is 7.64. The zero-order valence-electron chi connectivity index (χ0n) is 16.3. The van der Waals surface area contributed by atoms with E-state index in [1.54, 1.807) is 11.0 Å². The quantitative estimate of drug-likeness (QED) is 0.475. The van der Waals surface area contributed by atoms with Gasteiger partial charge in [0.05, 0.1) is 5.92 Å². The van der Waals surface area contributed by atoms with Crippen molar-refractivity contribution in [2.75, 3.05) is 16.8 Å². The smallest absolute Gasteiger partial charge is 0.229 e. The molecule has 0 saturated carbocycles. The molecule has 1 atom stereocenters. The Kier molecular flexibility index (Phi) is 4.48. The summed E-state index contributed by atoms with van der Waals surface area (Å²) in [7, 11) is 0. The molecule has 5 nitrogen and oxygen atoms in total. The molecule has 0 bridgehead atoms. The number of carbonyl (C=O) groups excluding carboxylic acids is 2. The molecule has 30 heavy (non-hydrogen) atoms. The van der Waals surface area contributed by atoms with Gasteiger partial charge in [0.15, 0.2) is 0 Å². The van der Waals surface area contributed by atoms with Gasteiger partial charge in [-0.1, -0.05) is 35.9 Å². The largest absolute Gasteiger partial charge is 0.456 e. The van der Waals surface area contributed by atoms with Crippen LogP contribution in [0.2, 0.25) is 5.02 Å². The van der Waals surface area contributed by atoms with Crippen molar-refractivity contribution in [2.24, 2.45) is 5.92 Å². The number of anilines is 2. The second kappa shape index (κ2) is 7.18. The van der Waals surface area contributed by atoms with Crippen molar-refractivity contribution in [1.82, 2.24) is 0 Å². The Balaban J connectivity index is 1.34. The van der Waals surface area contributed by atoms with E-state index in [0.717, 1.165) is 27.6 Å². The van der Waals surface area contributed by atoms with Crippen LogP contribution in [0.1, 0.15) is 12.0 Å². The number of benzene rings is 3. The fourth-order valence-corrected chi connectivity index (χ4v) is 4.11. The zero-order valence-corrected chi connectivity index (χ0v) is 17.1. The molecule has 3 aromatic carbocycles. The summed E-state index contributed by atoms with van der Waals surface area (Å²) in [5.74, 6) is -0.689. The van der Waals surface area contributed by atoms with Crippen LogP contribution in [-0.4, -0.2) is 18.4 Å². The first kappa shape index (κ1) is 18.7. The van der Waals surface area contributed by atoms with Gasteiger partial charge in [0, 0.05) is 46.2 Å². The number of carbonyl (C=O) groups is 2. The highest BCUT2D eigenvalue weighted by Crippen LogP contribution is 2.32. The molecule has 0 radical (unpaired) electrons. The Morgan fingerprint density at radius 3 is 2.70 bits per heavy atom. The number of rotatable bonds is 3. The minimum Gasteiger partial charge on any atom is -0.456 e. The van der Waals surface area contributed by atoms with Gasteiger partial charge in [0.25, 0.3) is 0 Å². The molecule has 1 aliphatic heterocycles. The van der Waals surface area contributed by atoms with E-state index in [1.165, 1.54) is 0 Å². The highest BCUT2D eigenvalue weighted by Gasteiger charge is 2.35. The predicted octanol–water partition coefficient (Wildman–Crippen LogP) is 5.54. The molecule has 4 aromatic rings. The lowest BCUT2D eigenvalue weighted by Gasteiger charge is -2.17. The van der Waals surface area contributed by atoms with Crippen LogP contribution in [0.25, 0.3) is 21.9 Å². The van der Waals surface area contributed by atoms with Crippen molar-refractivity contribution < 1.29 is 14.0 Å². The molecule has 2 heterocycles. The Bertz CT molecular complexity index is 1310. The van der Waals surface area contributed by atoms with Crippen molar-refractivity contribution in [1.29, 1.82) is 0 Å². The third-order valence-corrected chi connectivity index (χ3v) is 6.02. The topological polar surface area (TPSA) is 62.6 Å². The number of hydrogen-bond acceptors (Lipinski definition) is 3. The maximum Gasteiger partial charge on any atom is 0.229 e. The van der Waals surface area contributed by atoms with Crippen LogP contribution in [0.3, 0.4) is 0 Å². The lowest BCUT2D eigenvalue weighted by atomic mass is 10.1. The van der Waals surface area contributed by atoms with E-state index in [9.17, 15) is 9.59 Å². The van der Waals surface area contributed by atoms with E-state index in [0.29, 0.717) is 22.8 Å². The minimum atomic E-state index is -0.427. The van der Waals surface area contributed by atoms with Crippen LogP contribution in [0, 0.1) is 12.8 Å². The first-order chi connectivity index (χ1) is 14.5. The molecule has 0 unspecified atom stereocenters. The molecular weight excluding hydrogens is 400 g/mol. The molecule has 0 aliphatic carbocycles. The number of nitrogens with zero attached hydrogens (tertiary/aromatic N) is 1. The number of fused-ring (bicyclic) bond motifs is 3. The van der Waals surface area contributed by atoms with Gasteiger partial charge in [0.2, 0.25) is 11.8 Å². The molecule has 1 fully saturated rings. The van der Waals surface area contributed by atoms with Gasteiger partial charge in [-0.2, -0.15) is 0 Å². The van der Waals surface area contributed by atoms with Gasteiger partial charge in [-0.05, 0) is 42.8 Å². The van der Waals surface area contributed by atoms with Gasteiger partial charge in [0.1, 0.15) is 11.2 Å². The third-order valence-electron chi connectivity index (χ3n) is 5.61. The lowest BCUT2D eigenvalue weighted by Crippen LogP contribution is -2.28. The average Bonchev–Trinajstić information content (AvgIpc) is 3.30. The standard InChI is InChI=1S/C24H19ClN2O3/c1-14-6-8-17(12-20(14)25)27-13-15(10-23(27)28)24(29)26-16-7-9-19-18-4-2-3-5-21(18)30-22(19)11-16/h2-9,11-12,15H,10,13H2,1H3,(H,26,29)/t15-/m0/s1. The molecule has 5 rings (SSSR count). The van der Waals surface area contributed by atoms with Crippen molar-refractivity contribution in [2.45, 2.75) is 13.3 Å². The molecule has 150 valence electrons. The van der Waals surface area contributed by atoms with Crippen molar-refractivity contribution >= 4 is 56.7 Å². The summed E-state index contributed by atoms with van der Waals surface area (Å²) < 4.78 is 5.89. The normalized spacial score (nSPS) is 16.5. The number of para-hydroxylation sites is 1. The summed E-state index contributed by atoms with van der Waals surface area (Å²) in [6.07, 6.45) is 0.171. The Labute approximate surface area is 178 Å².